The first-order valence-electron chi connectivity index (χ1n) is 8.97. The van der Waals surface area contributed by atoms with E-state index in [9.17, 15) is 8.42 Å². The topological polar surface area (TPSA) is 85.1 Å². The minimum absolute atomic E-state index is 0.260. The summed E-state index contributed by atoms with van der Waals surface area (Å²) in [5, 5.41) is 5.96. The van der Waals surface area contributed by atoms with E-state index in [1.807, 2.05) is 42.6 Å². The van der Waals surface area contributed by atoms with Crippen molar-refractivity contribution in [1.29, 1.82) is 0 Å². The molecule has 4 aromatic rings. The zero-order valence-electron chi connectivity index (χ0n) is 15.9. The fourth-order valence-corrected chi connectivity index (χ4v) is 5.05. The first-order valence-corrected chi connectivity index (χ1v) is 11.3. The Morgan fingerprint density at radius 2 is 1.90 bits per heavy atom. The number of anilines is 1. The summed E-state index contributed by atoms with van der Waals surface area (Å²) in [6.45, 7) is 3.72. The number of benzene rings is 2. The van der Waals surface area contributed by atoms with Crippen LogP contribution in [0.4, 0.5) is 5.69 Å². The number of hydrogen-bond donors (Lipinski definition) is 1. The van der Waals surface area contributed by atoms with E-state index in [1.165, 1.54) is 11.3 Å². The van der Waals surface area contributed by atoms with Crippen molar-refractivity contribution in [2.75, 3.05) is 4.72 Å². The molecule has 0 saturated carbocycles. The molecule has 148 valence electrons. The molecule has 0 aliphatic carbocycles. The lowest BCUT2D eigenvalue weighted by atomic mass is 10.1. The van der Waals surface area contributed by atoms with Gasteiger partial charge in [0.1, 0.15) is 0 Å². The molecule has 6 nitrogen and oxygen atoms in total. The van der Waals surface area contributed by atoms with Crippen LogP contribution in [0.1, 0.15) is 22.6 Å². The molecule has 0 saturated heterocycles. The van der Waals surface area contributed by atoms with E-state index < -0.39 is 10.0 Å². The Bertz CT molecular complexity index is 1250. The van der Waals surface area contributed by atoms with Crippen molar-refractivity contribution in [1.82, 2.24) is 10.1 Å². The molecule has 4 rings (SSSR count). The van der Waals surface area contributed by atoms with Gasteiger partial charge in [0, 0.05) is 0 Å². The Morgan fingerprint density at radius 1 is 1.07 bits per heavy atom. The van der Waals surface area contributed by atoms with Crippen LogP contribution in [-0.2, 0) is 16.4 Å². The number of para-hydroxylation sites is 1. The zero-order chi connectivity index (χ0) is 20.4. The summed E-state index contributed by atoms with van der Waals surface area (Å²) >= 11 is 1.53. The fraction of sp³-hybridized carbons (Fsp3) is 0.143. The molecule has 2 heterocycles. The molecule has 0 bridgehead atoms. The molecule has 8 heteroatoms. The van der Waals surface area contributed by atoms with E-state index in [1.54, 1.807) is 31.2 Å². The number of thiophene rings is 1. The van der Waals surface area contributed by atoms with Gasteiger partial charge in [-0.25, -0.2) is 8.42 Å². The molecule has 0 fully saturated rings. The van der Waals surface area contributed by atoms with Crippen LogP contribution in [0.3, 0.4) is 0 Å². The van der Waals surface area contributed by atoms with Crippen LogP contribution in [0.5, 0.6) is 0 Å². The van der Waals surface area contributed by atoms with Crippen molar-refractivity contribution in [3.05, 3.63) is 82.6 Å². The molecule has 0 atom stereocenters. The normalized spacial score (nSPS) is 11.5. The smallest absolute Gasteiger partial charge is 0.262 e. The Balaban J connectivity index is 1.60. The van der Waals surface area contributed by atoms with Crippen LogP contribution < -0.4 is 4.72 Å². The zero-order valence-corrected chi connectivity index (χ0v) is 17.5. The second-order valence-corrected chi connectivity index (χ2v) is 9.30. The van der Waals surface area contributed by atoms with Gasteiger partial charge in [-0.3, -0.25) is 4.72 Å². The molecule has 0 aliphatic rings. The highest BCUT2D eigenvalue weighted by Crippen LogP contribution is 2.26. The Morgan fingerprint density at radius 3 is 2.66 bits per heavy atom. The molecular formula is C21H19N3O3S2. The highest BCUT2D eigenvalue weighted by Gasteiger charge is 2.19. The van der Waals surface area contributed by atoms with Gasteiger partial charge in [-0.1, -0.05) is 47.1 Å². The summed E-state index contributed by atoms with van der Waals surface area (Å²) in [6.07, 6.45) is 0.323. The fourth-order valence-electron chi connectivity index (χ4n) is 3.07. The summed E-state index contributed by atoms with van der Waals surface area (Å²) < 4.78 is 33.9. The van der Waals surface area contributed by atoms with Crippen molar-refractivity contribution >= 4 is 27.0 Å². The van der Waals surface area contributed by atoms with E-state index >= 15 is 0 Å². The Kier molecular flexibility index (Phi) is 5.21. The van der Waals surface area contributed by atoms with Gasteiger partial charge in [0.15, 0.2) is 0 Å². The van der Waals surface area contributed by atoms with Gasteiger partial charge >= 0.3 is 0 Å². The van der Waals surface area contributed by atoms with Crippen LogP contribution in [0.25, 0.3) is 10.7 Å². The van der Waals surface area contributed by atoms with Gasteiger partial charge in [-0.15, -0.1) is 11.3 Å². The largest absolute Gasteiger partial charge is 0.339 e. The van der Waals surface area contributed by atoms with E-state index in [-0.39, 0.29) is 4.90 Å². The summed E-state index contributed by atoms with van der Waals surface area (Å²) in [7, 11) is -3.72. The van der Waals surface area contributed by atoms with Crippen LogP contribution in [0, 0.1) is 13.8 Å². The number of sulfonamides is 1. The highest BCUT2D eigenvalue weighted by atomic mass is 32.2. The number of rotatable bonds is 6. The monoisotopic (exact) mass is 425 g/mol. The lowest BCUT2D eigenvalue weighted by Gasteiger charge is -2.13. The maximum Gasteiger partial charge on any atom is 0.262 e. The first kappa shape index (κ1) is 19.4. The van der Waals surface area contributed by atoms with Crippen molar-refractivity contribution in [2.24, 2.45) is 0 Å². The molecule has 29 heavy (non-hydrogen) atoms. The van der Waals surface area contributed by atoms with Crippen molar-refractivity contribution in [3.63, 3.8) is 0 Å². The number of nitrogens with one attached hydrogen (secondary N) is 1. The Hall–Kier alpha value is -2.97. The van der Waals surface area contributed by atoms with Gasteiger partial charge in [0.25, 0.3) is 10.0 Å². The van der Waals surface area contributed by atoms with Gasteiger partial charge < -0.3 is 4.52 Å². The average molecular weight is 426 g/mol. The lowest BCUT2D eigenvalue weighted by molar-refractivity contribution is 0.386. The molecule has 1 N–H and O–H groups in total. The van der Waals surface area contributed by atoms with E-state index in [2.05, 4.69) is 14.9 Å². The second-order valence-electron chi connectivity index (χ2n) is 6.70. The van der Waals surface area contributed by atoms with Gasteiger partial charge in [0.05, 0.1) is 21.9 Å². The third kappa shape index (κ3) is 4.23. The standard InChI is InChI=1S/C21H19N3O3S2/c1-14-9-10-19(15(2)12-14)29(25,26)24-17-7-4-3-6-16(17)13-20-22-21(23-27-20)18-8-5-11-28-18/h3-12,24H,13H2,1-2H3. The van der Waals surface area contributed by atoms with Crippen LogP contribution in [-0.4, -0.2) is 18.6 Å². The quantitative estimate of drug-likeness (QED) is 0.479. The van der Waals surface area contributed by atoms with Gasteiger partial charge in [-0.05, 0) is 48.6 Å². The van der Waals surface area contributed by atoms with Crippen molar-refractivity contribution in [3.8, 4) is 10.7 Å². The van der Waals surface area contributed by atoms with Crippen molar-refractivity contribution < 1.29 is 12.9 Å². The number of aryl methyl sites for hydroxylation is 2. The molecule has 2 aromatic carbocycles. The molecule has 0 unspecified atom stereocenters. The van der Waals surface area contributed by atoms with Crippen LogP contribution >= 0.6 is 11.3 Å². The lowest BCUT2D eigenvalue weighted by Crippen LogP contribution is -2.15. The molecule has 0 amide bonds. The van der Waals surface area contributed by atoms with Crippen LogP contribution in [0.2, 0.25) is 0 Å². The molecule has 0 radical (unpaired) electrons. The molecule has 2 aromatic heterocycles. The summed E-state index contributed by atoms with van der Waals surface area (Å²) in [6, 6.07) is 16.3. The average Bonchev–Trinajstić information content (AvgIpc) is 3.34. The van der Waals surface area contributed by atoms with Crippen molar-refractivity contribution in [2.45, 2.75) is 25.2 Å². The Labute approximate surface area is 173 Å². The predicted octanol–water partition coefficient (Wildman–Crippen LogP) is 4.81. The maximum absolute atomic E-state index is 12.9. The summed E-state index contributed by atoms with van der Waals surface area (Å²) in [4.78, 5) is 5.60. The highest BCUT2D eigenvalue weighted by molar-refractivity contribution is 7.92. The number of aromatic nitrogens is 2. The van der Waals surface area contributed by atoms with E-state index in [0.717, 1.165) is 16.0 Å². The predicted molar refractivity (Wildman–Crippen MR) is 114 cm³/mol. The second kappa shape index (κ2) is 7.81. The number of hydrogen-bond acceptors (Lipinski definition) is 6. The number of nitrogens with zero attached hydrogens (tertiary/aromatic N) is 2. The van der Waals surface area contributed by atoms with E-state index in [4.69, 9.17) is 4.52 Å². The first-order chi connectivity index (χ1) is 13.9. The van der Waals surface area contributed by atoms with Crippen LogP contribution in [0.15, 0.2) is 69.4 Å². The van der Waals surface area contributed by atoms with Gasteiger partial charge in [0.2, 0.25) is 11.7 Å². The molecular weight excluding hydrogens is 406 g/mol. The molecule has 0 aliphatic heterocycles. The van der Waals surface area contributed by atoms with E-state index in [0.29, 0.717) is 29.4 Å². The molecule has 0 spiro atoms. The van der Waals surface area contributed by atoms with Gasteiger partial charge in [-0.2, -0.15) is 4.98 Å². The minimum Gasteiger partial charge on any atom is -0.339 e. The minimum atomic E-state index is -3.72. The third-order valence-electron chi connectivity index (χ3n) is 4.43. The summed E-state index contributed by atoms with van der Waals surface area (Å²) in [5.41, 5.74) is 2.96. The third-order valence-corrected chi connectivity index (χ3v) is 6.82. The summed E-state index contributed by atoms with van der Waals surface area (Å²) in [5.74, 6) is 0.954. The maximum atomic E-state index is 12.9. The SMILES string of the molecule is Cc1ccc(S(=O)(=O)Nc2ccccc2Cc2nc(-c3cccs3)no2)c(C)c1.